The summed E-state index contributed by atoms with van der Waals surface area (Å²) in [5.74, 6) is -0.800. The average Bonchev–Trinajstić information content (AvgIpc) is 3.27. The molecule has 2 fully saturated rings. The molecule has 0 unspecified atom stereocenters. The molecule has 35 heavy (non-hydrogen) atoms. The largest absolute Gasteiger partial charge is 0.404 e. The summed E-state index contributed by atoms with van der Waals surface area (Å²) in [6.07, 6.45) is -0.0515. The van der Waals surface area contributed by atoms with Crippen LogP contribution in [-0.4, -0.2) is 63.1 Å². The van der Waals surface area contributed by atoms with E-state index >= 15 is 0 Å². The van der Waals surface area contributed by atoms with Gasteiger partial charge in [0.2, 0.25) is 0 Å². The van der Waals surface area contributed by atoms with E-state index < -0.39 is 38.2 Å². The second-order valence-electron chi connectivity index (χ2n) is 10.8. The summed E-state index contributed by atoms with van der Waals surface area (Å²) < 4.78 is 31.8. The summed E-state index contributed by atoms with van der Waals surface area (Å²) >= 11 is 0. The van der Waals surface area contributed by atoms with Gasteiger partial charge < -0.3 is 28.5 Å². The normalized spacial score (nSPS) is 28.1. The second kappa shape index (κ2) is 9.90. The van der Waals surface area contributed by atoms with Crippen LogP contribution in [0, 0.1) is 0 Å². The van der Waals surface area contributed by atoms with E-state index in [1.165, 1.54) is 0 Å². The lowest BCUT2D eigenvalue weighted by atomic mass is 9.97. The summed E-state index contributed by atoms with van der Waals surface area (Å²) in [4.78, 5) is 0. The predicted octanol–water partition coefficient (Wildman–Crippen LogP) is 3.37. The quantitative estimate of drug-likeness (QED) is 0.422. The zero-order valence-corrected chi connectivity index (χ0v) is 22.4. The molecule has 2 aromatic carbocycles. The van der Waals surface area contributed by atoms with Crippen molar-refractivity contribution in [2.24, 2.45) is 0 Å². The van der Waals surface area contributed by atoms with E-state index in [4.69, 9.17) is 23.4 Å². The number of ether oxygens (including phenoxy) is 4. The van der Waals surface area contributed by atoms with Crippen LogP contribution in [0.2, 0.25) is 5.04 Å². The van der Waals surface area contributed by atoms with Crippen molar-refractivity contribution in [2.45, 2.75) is 69.5 Å². The van der Waals surface area contributed by atoms with Gasteiger partial charge in [0.05, 0.1) is 19.8 Å². The molecule has 0 aromatic heterocycles. The molecule has 2 aliphatic heterocycles. The number of benzene rings is 2. The first kappa shape index (κ1) is 26.2. The minimum absolute atomic E-state index is 0.124. The van der Waals surface area contributed by atoms with Crippen molar-refractivity contribution in [3.63, 3.8) is 0 Å². The molecule has 2 aliphatic rings. The van der Waals surface area contributed by atoms with Gasteiger partial charge in [0.1, 0.15) is 17.8 Å². The number of aliphatic hydroxyl groups excluding tert-OH is 1. The maximum Gasteiger partial charge on any atom is 0.261 e. The van der Waals surface area contributed by atoms with Gasteiger partial charge in [0.25, 0.3) is 8.32 Å². The van der Waals surface area contributed by atoms with Gasteiger partial charge in [-0.1, -0.05) is 87.5 Å². The fourth-order valence-corrected chi connectivity index (χ4v) is 9.97. The Morgan fingerprint density at radius 1 is 0.971 bits per heavy atom. The molecule has 0 radical (unpaired) electrons. The zero-order chi connectivity index (χ0) is 25.3. The highest BCUT2D eigenvalue weighted by Gasteiger charge is 2.63. The molecule has 0 amide bonds. The maximum atomic E-state index is 10.7. The Kier molecular flexibility index (Phi) is 7.42. The van der Waals surface area contributed by atoms with Crippen molar-refractivity contribution >= 4 is 18.7 Å². The highest BCUT2D eigenvalue weighted by atomic mass is 28.4. The summed E-state index contributed by atoms with van der Waals surface area (Å²) in [5, 5.41) is 12.8. The smallest absolute Gasteiger partial charge is 0.261 e. The number of fused-ring (bicyclic) bond motifs is 1. The Morgan fingerprint density at radius 3 is 2.03 bits per heavy atom. The van der Waals surface area contributed by atoms with Crippen LogP contribution in [0.25, 0.3) is 0 Å². The third-order valence-corrected chi connectivity index (χ3v) is 11.8. The van der Waals surface area contributed by atoms with Crippen LogP contribution in [0.1, 0.15) is 34.6 Å². The highest BCUT2D eigenvalue weighted by molar-refractivity contribution is 6.99. The average molecular weight is 499 g/mol. The van der Waals surface area contributed by atoms with E-state index in [1.54, 1.807) is 6.08 Å². The molecule has 1 N–H and O–H groups in total. The summed E-state index contributed by atoms with van der Waals surface area (Å²) in [5.41, 5.74) is -1.15. The highest BCUT2D eigenvalue weighted by Crippen LogP contribution is 2.45. The van der Waals surface area contributed by atoms with E-state index in [0.717, 1.165) is 10.4 Å². The Bertz CT molecular complexity index is 950. The van der Waals surface area contributed by atoms with Gasteiger partial charge >= 0.3 is 0 Å². The van der Waals surface area contributed by atoms with Gasteiger partial charge in [-0.3, -0.25) is 0 Å². The standard InChI is InChI=1S/C28H38O6Si/c1-7-18-30-24-23-25(33-27(5,6)32-23)34-28(24,19-29)20-31-35(26(2,3)4,21-14-10-8-11-15-21)22-16-12-9-13-17-22/h7-17,23-25,29H,1,18-20H2,2-6H3/t23-,24+,25+,28-/m1/s1. The Balaban J connectivity index is 1.75. The van der Waals surface area contributed by atoms with E-state index in [9.17, 15) is 5.11 Å². The third kappa shape index (κ3) is 4.79. The lowest BCUT2D eigenvalue weighted by Gasteiger charge is -2.45. The van der Waals surface area contributed by atoms with Crippen LogP contribution in [0.15, 0.2) is 73.3 Å². The molecule has 2 saturated heterocycles. The summed E-state index contributed by atoms with van der Waals surface area (Å²) in [6.45, 7) is 14.2. The molecule has 6 nitrogen and oxygen atoms in total. The molecule has 2 aromatic rings. The minimum atomic E-state index is -2.85. The van der Waals surface area contributed by atoms with E-state index in [-0.39, 0.29) is 18.3 Å². The van der Waals surface area contributed by atoms with Gasteiger partial charge in [-0.05, 0) is 29.3 Å². The summed E-state index contributed by atoms with van der Waals surface area (Å²) in [7, 11) is -2.85. The first-order valence-electron chi connectivity index (χ1n) is 12.2. The molecular weight excluding hydrogens is 460 g/mol. The molecule has 0 aliphatic carbocycles. The van der Waals surface area contributed by atoms with Gasteiger partial charge in [-0.2, -0.15) is 0 Å². The Labute approximate surface area is 209 Å². The molecule has 0 saturated carbocycles. The van der Waals surface area contributed by atoms with E-state index in [0.29, 0.717) is 6.61 Å². The van der Waals surface area contributed by atoms with Crippen molar-refractivity contribution in [3.05, 3.63) is 73.3 Å². The molecule has 4 atom stereocenters. The third-order valence-electron chi connectivity index (χ3n) is 6.87. The lowest BCUT2D eigenvalue weighted by Crippen LogP contribution is -2.68. The van der Waals surface area contributed by atoms with Crippen LogP contribution in [0.3, 0.4) is 0 Å². The SMILES string of the molecule is C=CCO[C@H]1[C@H]2OC(C)(C)O[C@H]2O[C@]1(CO)CO[Si](c1ccccc1)(c1ccccc1)C(C)(C)C. The summed E-state index contributed by atoms with van der Waals surface area (Å²) in [6, 6.07) is 20.8. The van der Waals surface area contributed by atoms with Crippen LogP contribution in [-0.2, 0) is 23.4 Å². The Morgan fingerprint density at radius 2 is 1.54 bits per heavy atom. The second-order valence-corrected chi connectivity index (χ2v) is 15.1. The van der Waals surface area contributed by atoms with Gasteiger partial charge in [-0.25, -0.2) is 0 Å². The number of hydrogen-bond donors (Lipinski definition) is 1. The Hall–Kier alpha value is -1.84. The van der Waals surface area contributed by atoms with Gasteiger partial charge in [0, 0.05) is 0 Å². The van der Waals surface area contributed by atoms with E-state index in [2.05, 4.69) is 51.6 Å². The molecule has 190 valence electrons. The monoisotopic (exact) mass is 498 g/mol. The molecule has 0 spiro atoms. The number of hydrogen-bond acceptors (Lipinski definition) is 6. The van der Waals surface area contributed by atoms with Crippen molar-refractivity contribution in [2.75, 3.05) is 19.8 Å². The van der Waals surface area contributed by atoms with Crippen LogP contribution < -0.4 is 10.4 Å². The first-order valence-corrected chi connectivity index (χ1v) is 14.1. The lowest BCUT2D eigenvalue weighted by molar-refractivity contribution is -0.255. The fraction of sp³-hybridized carbons (Fsp3) is 0.500. The van der Waals surface area contributed by atoms with Crippen molar-refractivity contribution < 1.29 is 28.5 Å². The molecule has 0 bridgehead atoms. The fourth-order valence-electron chi connectivity index (χ4n) is 5.35. The van der Waals surface area contributed by atoms with Crippen molar-refractivity contribution in [3.8, 4) is 0 Å². The number of rotatable bonds is 9. The number of aliphatic hydroxyl groups is 1. The maximum absolute atomic E-state index is 10.7. The van der Waals surface area contributed by atoms with E-state index in [1.807, 2.05) is 50.2 Å². The van der Waals surface area contributed by atoms with Crippen LogP contribution >= 0.6 is 0 Å². The van der Waals surface area contributed by atoms with Gasteiger partial charge in [-0.15, -0.1) is 6.58 Å². The first-order chi connectivity index (χ1) is 16.6. The topological polar surface area (TPSA) is 66.4 Å². The van der Waals surface area contributed by atoms with Crippen molar-refractivity contribution in [1.29, 1.82) is 0 Å². The van der Waals surface area contributed by atoms with Crippen LogP contribution in [0.5, 0.6) is 0 Å². The zero-order valence-electron chi connectivity index (χ0n) is 21.4. The minimum Gasteiger partial charge on any atom is -0.404 e. The predicted molar refractivity (Wildman–Crippen MR) is 138 cm³/mol. The van der Waals surface area contributed by atoms with Crippen molar-refractivity contribution in [1.82, 2.24) is 0 Å². The molecule has 4 rings (SSSR count). The van der Waals surface area contributed by atoms with Crippen LogP contribution in [0.4, 0.5) is 0 Å². The molecule has 7 heteroatoms. The molecular formula is C28H38O6Si. The molecule has 2 heterocycles. The van der Waals surface area contributed by atoms with Gasteiger partial charge in [0.15, 0.2) is 12.1 Å².